The predicted octanol–water partition coefficient (Wildman–Crippen LogP) is 4.10. The fraction of sp³-hybridized carbons (Fsp3) is 0.238. The number of imide groups is 1. The van der Waals surface area contributed by atoms with Gasteiger partial charge in [0.2, 0.25) is 0 Å². The maximum absolute atomic E-state index is 12.7. The normalized spacial score (nSPS) is 15.1. The van der Waals surface area contributed by atoms with Gasteiger partial charge in [0, 0.05) is 0 Å². The molecule has 0 atom stereocenters. The zero-order valence-corrected chi connectivity index (χ0v) is 18.1. The van der Waals surface area contributed by atoms with Gasteiger partial charge in [-0.3, -0.25) is 9.69 Å². The van der Waals surface area contributed by atoms with E-state index in [1.54, 1.807) is 19.3 Å². The van der Waals surface area contributed by atoms with E-state index in [0.29, 0.717) is 18.1 Å². The molecule has 6 nitrogen and oxygen atoms in total. The lowest BCUT2D eigenvalue weighted by atomic mass is 10.1. The summed E-state index contributed by atoms with van der Waals surface area (Å²) in [5, 5.41) is 2.65. The molecule has 3 amide bonds. The number of hydrogen-bond acceptors (Lipinski definition) is 4. The Hall–Kier alpha value is -2.55. The number of carbonyl (C=O) groups is 2. The number of hydrogen-bond donors (Lipinski definition) is 1. The molecule has 28 heavy (non-hydrogen) atoms. The third-order valence-electron chi connectivity index (χ3n) is 4.28. The first-order valence-corrected chi connectivity index (χ1v) is 9.91. The molecule has 3 rings (SSSR count). The second-order valence-corrected chi connectivity index (χ2v) is 7.49. The van der Waals surface area contributed by atoms with Crippen LogP contribution >= 0.6 is 22.6 Å². The summed E-state index contributed by atoms with van der Waals surface area (Å²) >= 11 is 2.16. The van der Waals surface area contributed by atoms with Crippen molar-refractivity contribution in [1.82, 2.24) is 10.2 Å². The van der Waals surface area contributed by atoms with Crippen LogP contribution in [0, 0.1) is 10.5 Å². The van der Waals surface area contributed by atoms with E-state index in [2.05, 4.69) is 27.9 Å². The molecule has 146 valence electrons. The highest BCUT2D eigenvalue weighted by Gasteiger charge is 2.33. The number of urea groups is 1. The number of ether oxygens (including phenoxy) is 2. The van der Waals surface area contributed by atoms with Crippen LogP contribution in [0.3, 0.4) is 0 Å². The van der Waals surface area contributed by atoms with Crippen molar-refractivity contribution >= 4 is 40.6 Å². The van der Waals surface area contributed by atoms with Gasteiger partial charge in [0.15, 0.2) is 11.5 Å². The molecule has 0 saturated carbocycles. The second-order valence-electron chi connectivity index (χ2n) is 6.33. The highest BCUT2D eigenvalue weighted by Crippen LogP contribution is 2.34. The van der Waals surface area contributed by atoms with Gasteiger partial charge >= 0.3 is 6.03 Å². The number of nitrogens with zero attached hydrogens (tertiary/aromatic N) is 1. The van der Waals surface area contributed by atoms with Gasteiger partial charge in [-0.2, -0.15) is 0 Å². The summed E-state index contributed by atoms with van der Waals surface area (Å²) in [6.07, 6.45) is 1.65. The SMILES string of the molecule is CCOc1c(I)cc(/C=C2/NC(=O)N(Cc3ccc(C)cc3)C2=O)cc1OC. The Balaban J connectivity index is 1.85. The number of amides is 3. The third kappa shape index (κ3) is 4.30. The number of rotatable bonds is 6. The Kier molecular flexibility index (Phi) is 6.23. The maximum atomic E-state index is 12.7. The molecule has 0 bridgehead atoms. The molecule has 1 saturated heterocycles. The third-order valence-corrected chi connectivity index (χ3v) is 5.08. The Bertz CT molecular complexity index is 938. The lowest BCUT2D eigenvalue weighted by molar-refractivity contribution is -0.123. The minimum atomic E-state index is -0.426. The van der Waals surface area contributed by atoms with Crippen LogP contribution in [0.5, 0.6) is 11.5 Å². The molecule has 1 N–H and O–H groups in total. The smallest absolute Gasteiger partial charge is 0.329 e. The van der Waals surface area contributed by atoms with Gasteiger partial charge in [0.1, 0.15) is 5.70 Å². The quantitative estimate of drug-likeness (QED) is 0.375. The van der Waals surface area contributed by atoms with Crippen molar-refractivity contribution in [3.05, 3.63) is 62.4 Å². The van der Waals surface area contributed by atoms with Crippen LogP contribution in [0.1, 0.15) is 23.6 Å². The second kappa shape index (κ2) is 8.64. The van der Waals surface area contributed by atoms with Gasteiger partial charge < -0.3 is 14.8 Å². The van der Waals surface area contributed by atoms with E-state index in [-0.39, 0.29) is 18.1 Å². The Morgan fingerprint density at radius 3 is 2.54 bits per heavy atom. The van der Waals surface area contributed by atoms with Gasteiger partial charge in [0.05, 0.1) is 23.8 Å². The van der Waals surface area contributed by atoms with Crippen LogP contribution in [-0.2, 0) is 11.3 Å². The molecule has 2 aromatic carbocycles. The van der Waals surface area contributed by atoms with Crippen LogP contribution in [0.2, 0.25) is 0 Å². The summed E-state index contributed by atoms with van der Waals surface area (Å²) < 4.78 is 11.9. The standard InChI is InChI=1S/C21H21IN2O4/c1-4-28-19-16(22)9-15(11-18(19)27-3)10-17-20(25)24(21(26)23-17)12-14-7-5-13(2)6-8-14/h5-11H,4,12H2,1-3H3,(H,23,26)/b17-10+. The van der Waals surface area contributed by atoms with Crippen LogP contribution in [0.25, 0.3) is 6.08 Å². The highest BCUT2D eigenvalue weighted by atomic mass is 127. The lowest BCUT2D eigenvalue weighted by Crippen LogP contribution is -2.30. The summed E-state index contributed by atoms with van der Waals surface area (Å²) in [5.41, 5.74) is 3.00. The van der Waals surface area contributed by atoms with Crippen molar-refractivity contribution < 1.29 is 19.1 Å². The Labute approximate surface area is 177 Å². The highest BCUT2D eigenvalue weighted by molar-refractivity contribution is 14.1. The summed E-state index contributed by atoms with van der Waals surface area (Å²) in [5.74, 6) is 0.887. The zero-order valence-electron chi connectivity index (χ0n) is 15.9. The minimum absolute atomic E-state index is 0.229. The molecule has 1 fully saturated rings. The first-order valence-electron chi connectivity index (χ1n) is 8.83. The molecule has 1 aliphatic rings. The number of aryl methyl sites for hydroxylation is 1. The fourth-order valence-corrected chi connectivity index (χ4v) is 3.65. The van der Waals surface area contributed by atoms with E-state index in [0.717, 1.165) is 20.3 Å². The first-order chi connectivity index (χ1) is 13.4. The topological polar surface area (TPSA) is 67.9 Å². The zero-order chi connectivity index (χ0) is 20.3. The van der Waals surface area contributed by atoms with E-state index in [1.807, 2.05) is 44.2 Å². The van der Waals surface area contributed by atoms with Gasteiger partial charge in [-0.25, -0.2) is 4.79 Å². The fourth-order valence-electron chi connectivity index (χ4n) is 2.87. The van der Waals surface area contributed by atoms with Crippen molar-refractivity contribution in [2.75, 3.05) is 13.7 Å². The molecule has 0 spiro atoms. The minimum Gasteiger partial charge on any atom is -0.493 e. The van der Waals surface area contributed by atoms with Gasteiger partial charge in [0.25, 0.3) is 5.91 Å². The van der Waals surface area contributed by atoms with E-state index in [4.69, 9.17) is 9.47 Å². The molecule has 0 aromatic heterocycles. The number of carbonyl (C=O) groups excluding carboxylic acids is 2. The van der Waals surface area contributed by atoms with Crippen LogP contribution < -0.4 is 14.8 Å². The van der Waals surface area contributed by atoms with Crippen LogP contribution in [0.15, 0.2) is 42.1 Å². The average Bonchev–Trinajstić information content (AvgIpc) is 2.92. The van der Waals surface area contributed by atoms with E-state index in [1.165, 1.54) is 4.90 Å². The summed E-state index contributed by atoms with van der Waals surface area (Å²) in [6, 6.07) is 11.0. The van der Waals surface area contributed by atoms with Crippen molar-refractivity contribution in [3.8, 4) is 11.5 Å². The number of nitrogens with one attached hydrogen (secondary N) is 1. The van der Waals surface area contributed by atoms with Gasteiger partial charge in [-0.1, -0.05) is 29.8 Å². The number of halogens is 1. The van der Waals surface area contributed by atoms with Crippen LogP contribution in [-0.4, -0.2) is 30.6 Å². The molecule has 2 aromatic rings. The molecular formula is C21H21IN2O4. The Morgan fingerprint density at radius 2 is 1.89 bits per heavy atom. The molecule has 1 aliphatic heterocycles. The van der Waals surface area contributed by atoms with E-state index < -0.39 is 6.03 Å². The summed E-state index contributed by atoms with van der Waals surface area (Å²) in [7, 11) is 1.57. The lowest BCUT2D eigenvalue weighted by Gasteiger charge is -2.12. The number of methoxy groups -OCH3 is 1. The Morgan fingerprint density at radius 1 is 1.18 bits per heavy atom. The van der Waals surface area contributed by atoms with E-state index >= 15 is 0 Å². The number of benzene rings is 2. The molecule has 0 unspecified atom stereocenters. The van der Waals surface area contributed by atoms with Crippen molar-refractivity contribution in [3.63, 3.8) is 0 Å². The maximum Gasteiger partial charge on any atom is 0.329 e. The molecule has 7 heteroatoms. The van der Waals surface area contributed by atoms with Crippen LogP contribution in [0.4, 0.5) is 4.79 Å². The van der Waals surface area contributed by atoms with Crippen molar-refractivity contribution in [1.29, 1.82) is 0 Å². The monoisotopic (exact) mass is 492 g/mol. The van der Waals surface area contributed by atoms with Crippen molar-refractivity contribution in [2.45, 2.75) is 20.4 Å². The molecule has 0 aliphatic carbocycles. The summed E-state index contributed by atoms with van der Waals surface area (Å²) in [6.45, 7) is 4.65. The first kappa shape index (κ1) is 20.2. The molecular weight excluding hydrogens is 471 g/mol. The molecule has 0 radical (unpaired) electrons. The van der Waals surface area contributed by atoms with Crippen molar-refractivity contribution in [2.24, 2.45) is 0 Å². The average molecular weight is 492 g/mol. The molecule has 1 heterocycles. The van der Waals surface area contributed by atoms with E-state index in [9.17, 15) is 9.59 Å². The predicted molar refractivity (Wildman–Crippen MR) is 115 cm³/mol. The summed E-state index contributed by atoms with van der Waals surface area (Å²) in [4.78, 5) is 26.2. The van der Waals surface area contributed by atoms with Gasteiger partial charge in [-0.15, -0.1) is 0 Å². The van der Waals surface area contributed by atoms with Gasteiger partial charge in [-0.05, 0) is 65.8 Å². The largest absolute Gasteiger partial charge is 0.493 e.